The fraction of sp³-hybridized carbons (Fsp3) is 1.00. The monoisotopic (exact) mass is 215 g/mol. The van der Waals surface area contributed by atoms with Crippen molar-refractivity contribution in [1.82, 2.24) is 5.32 Å². The van der Waals surface area contributed by atoms with Gasteiger partial charge in [-0.2, -0.15) is 0 Å². The van der Waals surface area contributed by atoms with Crippen molar-refractivity contribution in [3.63, 3.8) is 0 Å². The summed E-state index contributed by atoms with van der Waals surface area (Å²) in [4.78, 5) is 0. The lowest BCUT2D eigenvalue weighted by Crippen LogP contribution is -2.39. The van der Waals surface area contributed by atoms with Gasteiger partial charge < -0.3 is 10.1 Å². The summed E-state index contributed by atoms with van der Waals surface area (Å²) in [6, 6.07) is 0.508. The van der Waals surface area contributed by atoms with Gasteiger partial charge in [0.1, 0.15) is 0 Å². The standard InChI is InChI=1S/C13H29NO/c1-6-13(14-7-2)12(5)15-10-8-9-11(3)4/h11-14H,6-10H2,1-5H3. The van der Waals surface area contributed by atoms with Crippen LogP contribution in [0, 0.1) is 5.92 Å². The first-order valence-electron chi connectivity index (χ1n) is 6.46. The maximum atomic E-state index is 5.84. The molecule has 92 valence electrons. The van der Waals surface area contributed by atoms with E-state index in [1.165, 1.54) is 12.8 Å². The van der Waals surface area contributed by atoms with Crippen molar-refractivity contribution in [1.29, 1.82) is 0 Å². The number of hydrogen-bond donors (Lipinski definition) is 1. The van der Waals surface area contributed by atoms with Gasteiger partial charge in [-0.3, -0.25) is 0 Å². The summed E-state index contributed by atoms with van der Waals surface area (Å²) < 4.78 is 5.84. The summed E-state index contributed by atoms with van der Waals surface area (Å²) in [6.07, 6.45) is 3.93. The van der Waals surface area contributed by atoms with Crippen molar-refractivity contribution in [2.45, 2.75) is 66.0 Å². The molecule has 0 aliphatic carbocycles. The highest BCUT2D eigenvalue weighted by Crippen LogP contribution is 2.07. The fourth-order valence-corrected chi connectivity index (χ4v) is 1.78. The Morgan fingerprint density at radius 3 is 2.27 bits per heavy atom. The lowest BCUT2D eigenvalue weighted by atomic mass is 10.1. The van der Waals surface area contributed by atoms with E-state index in [-0.39, 0.29) is 0 Å². The molecule has 0 rings (SSSR count). The van der Waals surface area contributed by atoms with Crippen LogP contribution in [-0.4, -0.2) is 25.3 Å². The molecule has 0 amide bonds. The molecule has 0 saturated heterocycles. The molecular formula is C13H29NO. The van der Waals surface area contributed by atoms with Crippen LogP contribution in [0.3, 0.4) is 0 Å². The zero-order valence-corrected chi connectivity index (χ0v) is 11.2. The zero-order chi connectivity index (χ0) is 11.7. The number of ether oxygens (including phenoxy) is 1. The molecule has 2 atom stereocenters. The molecule has 2 unspecified atom stereocenters. The molecule has 0 aliphatic rings. The van der Waals surface area contributed by atoms with E-state index in [0.29, 0.717) is 12.1 Å². The maximum Gasteiger partial charge on any atom is 0.0699 e. The smallest absolute Gasteiger partial charge is 0.0699 e. The Labute approximate surface area is 95.8 Å². The van der Waals surface area contributed by atoms with Gasteiger partial charge in [-0.1, -0.05) is 27.7 Å². The molecule has 1 N–H and O–H groups in total. The molecule has 0 heterocycles. The van der Waals surface area contributed by atoms with Gasteiger partial charge in [-0.25, -0.2) is 0 Å². The topological polar surface area (TPSA) is 21.3 Å². The SMILES string of the molecule is CCNC(CC)C(C)OCCCC(C)C. The molecular weight excluding hydrogens is 186 g/mol. The van der Waals surface area contributed by atoms with Crippen LogP contribution in [0.2, 0.25) is 0 Å². The summed E-state index contributed by atoms with van der Waals surface area (Å²) in [6.45, 7) is 13.0. The second-order valence-electron chi connectivity index (χ2n) is 4.68. The Bertz CT molecular complexity index is 136. The Morgan fingerprint density at radius 2 is 1.80 bits per heavy atom. The quantitative estimate of drug-likeness (QED) is 0.596. The van der Waals surface area contributed by atoms with Crippen LogP contribution in [0.1, 0.15) is 53.9 Å². The largest absolute Gasteiger partial charge is 0.377 e. The van der Waals surface area contributed by atoms with Crippen LogP contribution in [0.15, 0.2) is 0 Å². The van der Waals surface area contributed by atoms with Crippen molar-refractivity contribution >= 4 is 0 Å². The Kier molecular flexibility index (Phi) is 9.12. The summed E-state index contributed by atoms with van der Waals surface area (Å²) in [7, 11) is 0. The molecule has 2 heteroatoms. The lowest BCUT2D eigenvalue weighted by Gasteiger charge is -2.23. The van der Waals surface area contributed by atoms with Gasteiger partial charge in [-0.15, -0.1) is 0 Å². The van der Waals surface area contributed by atoms with Gasteiger partial charge in [0.15, 0.2) is 0 Å². The van der Waals surface area contributed by atoms with Crippen molar-refractivity contribution in [2.24, 2.45) is 5.92 Å². The molecule has 0 aliphatic heterocycles. The van der Waals surface area contributed by atoms with Crippen LogP contribution in [0.5, 0.6) is 0 Å². The maximum absolute atomic E-state index is 5.84. The number of hydrogen-bond acceptors (Lipinski definition) is 2. The van der Waals surface area contributed by atoms with Gasteiger partial charge in [-0.05, 0) is 38.6 Å². The normalized spacial score (nSPS) is 15.6. The third-order valence-corrected chi connectivity index (χ3v) is 2.78. The summed E-state index contributed by atoms with van der Waals surface area (Å²) >= 11 is 0. The van der Waals surface area contributed by atoms with Crippen molar-refractivity contribution in [3.8, 4) is 0 Å². The van der Waals surface area contributed by atoms with Gasteiger partial charge in [0.05, 0.1) is 6.10 Å². The summed E-state index contributed by atoms with van der Waals surface area (Å²) in [5.41, 5.74) is 0. The van der Waals surface area contributed by atoms with E-state index in [1.54, 1.807) is 0 Å². The first-order valence-corrected chi connectivity index (χ1v) is 6.46. The van der Waals surface area contributed by atoms with E-state index < -0.39 is 0 Å². The fourth-order valence-electron chi connectivity index (χ4n) is 1.78. The van der Waals surface area contributed by atoms with Crippen molar-refractivity contribution in [3.05, 3.63) is 0 Å². The molecule has 0 aromatic heterocycles. The van der Waals surface area contributed by atoms with Gasteiger partial charge in [0.2, 0.25) is 0 Å². The Balaban J connectivity index is 3.56. The van der Waals surface area contributed by atoms with Crippen LogP contribution in [0.4, 0.5) is 0 Å². The Morgan fingerprint density at radius 1 is 1.13 bits per heavy atom. The first-order chi connectivity index (χ1) is 7.11. The molecule has 2 nitrogen and oxygen atoms in total. The molecule has 0 spiro atoms. The van der Waals surface area contributed by atoms with E-state index in [0.717, 1.165) is 25.5 Å². The van der Waals surface area contributed by atoms with Gasteiger partial charge in [0.25, 0.3) is 0 Å². The molecule has 0 bridgehead atoms. The predicted molar refractivity (Wildman–Crippen MR) is 67.2 cm³/mol. The van der Waals surface area contributed by atoms with E-state index in [2.05, 4.69) is 39.9 Å². The lowest BCUT2D eigenvalue weighted by molar-refractivity contribution is 0.0350. The molecule has 0 saturated carbocycles. The van der Waals surface area contributed by atoms with E-state index in [9.17, 15) is 0 Å². The van der Waals surface area contributed by atoms with Crippen LogP contribution < -0.4 is 5.32 Å². The molecule has 15 heavy (non-hydrogen) atoms. The first kappa shape index (κ1) is 14.9. The zero-order valence-electron chi connectivity index (χ0n) is 11.2. The van der Waals surface area contributed by atoms with Crippen molar-refractivity contribution < 1.29 is 4.74 Å². The third-order valence-electron chi connectivity index (χ3n) is 2.78. The minimum Gasteiger partial charge on any atom is -0.377 e. The number of nitrogens with one attached hydrogen (secondary N) is 1. The van der Waals surface area contributed by atoms with E-state index in [4.69, 9.17) is 4.74 Å². The van der Waals surface area contributed by atoms with Gasteiger partial charge >= 0.3 is 0 Å². The average molecular weight is 215 g/mol. The van der Waals surface area contributed by atoms with Gasteiger partial charge in [0, 0.05) is 12.6 Å². The van der Waals surface area contributed by atoms with E-state index >= 15 is 0 Å². The highest BCUT2D eigenvalue weighted by atomic mass is 16.5. The number of rotatable bonds is 9. The predicted octanol–water partition coefficient (Wildman–Crippen LogP) is 3.22. The summed E-state index contributed by atoms with van der Waals surface area (Å²) in [5.74, 6) is 0.791. The van der Waals surface area contributed by atoms with Crippen LogP contribution in [-0.2, 0) is 4.74 Å². The molecule has 0 aromatic carbocycles. The molecule has 0 fully saturated rings. The molecule has 0 aromatic rings. The number of likely N-dealkylation sites (N-methyl/N-ethyl adjacent to an activating group) is 1. The minimum absolute atomic E-state index is 0.335. The van der Waals surface area contributed by atoms with E-state index in [1.807, 2.05) is 0 Å². The van der Waals surface area contributed by atoms with Crippen LogP contribution in [0.25, 0.3) is 0 Å². The van der Waals surface area contributed by atoms with Crippen molar-refractivity contribution in [2.75, 3.05) is 13.2 Å². The highest BCUT2D eigenvalue weighted by molar-refractivity contribution is 4.71. The second-order valence-corrected chi connectivity index (χ2v) is 4.68. The second kappa shape index (κ2) is 9.17. The highest BCUT2D eigenvalue weighted by Gasteiger charge is 2.13. The van der Waals surface area contributed by atoms with Crippen LogP contribution >= 0.6 is 0 Å². The Hall–Kier alpha value is -0.0800. The third kappa shape index (κ3) is 7.80. The summed E-state index contributed by atoms with van der Waals surface area (Å²) in [5, 5.41) is 3.46. The minimum atomic E-state index is 0.335. The molecule has 0 radical (unpaired) electrons. The average Bonchev–Trinajstić information content (AvgIpc) is 2.20.